The first-order valence-electron chi connectivity index (χ1n) is 2.84. The van der Waals surface area contributed by atoms with Gasteiger partial charge in [0.25, 0.3) is 0 Å². The molecular weight excluding hydrogens is 84.1 g/mol. The van der Waals surface area contributed by atoms with E-state index in [1.807, 2.05) is 0 Å². The fourth-order valence-electron chi connectivity index (χ4n) is 1.31. The van der Waals surface area contributed by atoms with Gasteiger partial charge in [0.2, 0.25) is 0 Å². The van der Waals surface area contributed by atoms with Gasteiger partial charge in [0.1, 0.15) is 0 Å². The van der Waals surface area contributed by atoms with Gasteiger partial charge in [0.15, 0.2) is 0 Å². The van der Waals surface area contributed by atoms with Crippen molar-refractivity contribution in [1.82, 2.24) is 0 Å². The van der Waals surface area contributed by atoms with Crippen LogP contribution < -0.4 is 0 Å². The summed E-state index contributed by atoms with van der Waals surface area (Å²) in [5.74, 6) is 0.829. The van der Waals surface area contributed by atoms with Gasteiger partial charge in [-0.25, -0.2) is 0 Å². The Hall–Kier alpha value is -0.520. The lowest BCUT2D eigenvalue weighted by atomic mass is 10.1. The van der Waals surface area contributed by atoms with E-state index < -0.39 is 0 Å². The van der Waals surface area contributed by atoms with Gasteiger partial charge in [-0.2, -0.15) is 0 Å². The van der Waals surface area contributed by atoms with Crippen LogP contribution in [0.2, 0.25) is 0 Å². The van der Waals surface area contributed by atoms with Crippen molar-refractivity contribution in [2.45, 2.75) is 12.8 Å². The van der Waals surface area contributed by atoms with Crippen LogP contribution in [0.4, 0.5) is 0 Å². The van der Waals surface area contributed by atoms with Gasteiger partial charge in [-0.05, 0) is 18.8 Å². The maximum atomic E-state index is 2.36. The van der Waals surface area contributed by atoms with Gasteiger partial charge >= 0.3 is 0 Å². The van der Waals surface area contributed by atoms with Gasteiger partial charge in [-0.1, -0.05) is 23.8 Å². The highest BCUT2D eigenvalue weighted by molar-refractivity contribution is 5.33. The lowest BCUT2D eigenvalue weighted by molar-refractivity contribution is 0.754. The van der Waals surface area contributed by atoms with Crippen LogP contribution in [0.15, 0.2) is 23.8 Å². The second-order valence-electron chi connectivity index (χ2n) is 2.30. The van der Waals surface area contributed by atoms with Crippen molar-refractivity contribution in [3.63, 3.8) is 0 Å². The Bertz CT molecular complexity index is 140. The standard InChI is InChI=1S/C7H8/c1-2-7-4-3-6(1)5-7/h1-2,5-6H,3-4H2/t6-/m1/s1. The van der Waals surface area contributed by atoms with E-state index in [2.05, 4.69) is 18.2 Å². The third-order valence-corrected chi connectivity index (χ3v) is 1.75. The summed E-state index contributed by atoms with van der Waals surface area (Å²) in [5, 5.41) is 0. The minimum Gasteiger partial charge on any atom is -0.0773 e. The van der Waals surface area contributed by atoms with Crippen molar-refractivity contribution in [1.29, 1.82) is 0 Å². The molecule has 0 unspecified atom stereocenters. The van der Waals surface area contributed by atoms with Crippen LogP contribution in [0.3, 0.4) is 0 Å². The first-order chi connectivity index (χ1) is 3.45. The number of hydrogen-bond donors (Lipinski definition) is 0. The second-order valence-corrected chi connectivity index (χ2v) is 2.30. The van der Waals surface area contributed by atoms with Crippen molar-refractivity contribution < 1.29 is 0 Å². The number of rotatable bonds is 0. The highest BCUT2D eigenvalue weighted by atomic mass is 14.2. The van der Waals surface area contributed by atoms with Crippen LogP contribution in [0.25, 0.3) is 0 Å². The molecule has 0 heterocycles. The number of hydrogen-bond acceptors (Lipinski definition) is 0. The molecule has 0 aromatic carbocycles. The molecule has 0 heteroatoms. The van der Waals surface area contributed by atoms with Crippen LogP contribution in [0.5, 0.6) is 0 Å². The van der Waals surface area contributed by atoms with Gasteiger partial charge in [0, 0.05) is 0 Å². The van der Waals surface area contributed by atoms with Crippen LogP contribution in [0, 0.1) is 5.92 Å². The molecular formula is C7H8. The highest BCUT2D eigenvalue weighted by Gasteiger charge is 2.15. The summed E-state index contributed by atoms with van der Waals surface area (Å²) in [6.07, 6.45) is 9.61. The second kappa shape index (κ2) is 1.00. The molecule has 36 valence electrons. The average molecular weight is 92.1 g/mol. The largest absolute Gasteiger partial charge is 0.0773 e. The summed E-state index contributed by atoms with van der Waals surface area (Å²) in [4.78, 5) is 0. The van der Waals surface area contributed by atoms with Crippen molar-refractivity contribution in [3.8, 4) is 0 Å². The van der Waals surface area contributed by atoms with E-state index in [1.54, 1.807) is 5.57 Å². The molecule has 7 heavy (non-hydrogen) atoms. The summed E-state index contributed by atoms with van der Waals surface area (Å²) in [6.45, 7) is 0. The van der Waals surface area contributed by atoms with E-state index in [0.29, 0.717) is 0 Å². The van der Waals surface area contributed by atoms with Crippen LogP contribution in [-0.2, 0) is 0 Å². The maximum Gasteiger partial charge on any atom is -0.00413 e. The van der Waals surface area contributed by atoms with Crippen LogP contribution in [-0.4, -0.2) is 0 Å². The first-order valence-corrected chi connectivity index (χ1v) is 2.84. The van der Waals surface area contributed by atoms with E-state index in [9.17, 15) is 0 Å². The number of fused-ring (bicyclic) bond motifs is 1. The molecule has 2 aliphatic carbocycles. The summed E-state index contributed by atoms with van der Waals surface area (Å²) < 4.78 is 0. The minimum absolute atomic E-state index is 0.829. The Kier molecular flexibility index (Phi) is 0.498. The number of allylic oxidation sites excluding steroid dienone is 4. The Labute approximate surface area is 43.5 Å². The normalized spacial score (nSPS) is 34.3. The molecule has 2 aliphatic rings. The van der Waals surface area contributed by atoms with E-state index in [1.165, 1.54) is 12.8 Å². The van der Waals surface area contributed by atoms with Gasteiger partial charge in [-0.15, -0.1) is 0 Å². The van der Waals surface area contributed by atoms with Crippen molar-refractivity contribution in [2.24, 2.45) is 5.92 Å². The zero-order chi connectivity index (χ0) is 4.69. The molecule has 0 amide bonds. The van der Waals surface area contributed by atoms with E-state index >= 15 is 0 Å². The van der Waals surface area contributed by atoms with Gasteiger partial charge in [-0.3, -0.25) is 0 Å². The van der Waals surface area contributed by atoms with Crippen molar-refractivity contribution in [3.05, 3.63) is 23.8 Å². The third kappa shape index (κ3) is 0.365. The Balaban J connectivity index is 2.44. The molecule has 0 saturated heterocycles. The molecule has 1 atom stereocenters. The van der Waals surface area contributed by atoms with Gasteiger partial charge in [0.05, 0.1) is 0 Å². The first kappa shape index (κ1) is 3.48. The molecule has 0 aromatic heterocycles. The van der Waals surface area contributed by atoms with Crippen molar-refractivity contribution >= 4 is 0 Å². The zero-order valence-corrected chi connectivity index (χ0v) is 4.22. The molecule has 0 spiro atoms. The molecule has 0 radical (unpaired) electrons. The maximum absolute atomic E-state index is 2.36. The summed E-state index contributed by atoms with van der Waals surface area (Å²) >= 11 is 0. The fraction of sp³-hybridized carbons (Fsp3) is 0.429. The smallest absolute Gasteiger partial charge is 0.00413 e. The van der Waals surface area contributed by atoms with Crippen molar-refractivity contribution in [2.75, 3.05) is 0 Å². The lowest BCUT2D eigenvalue weighted by Crippen LogP contribution is -1.83. The third-order valence-electron chi connectivity index (χ3n) is 1.75. The Morgan fingerprint density at radius 3 is 2.71 bits per heavy atom. The predicted molar refractivity (Wildman–Crippen MR) is 29.9 cm³/mol. The molecule has 0 aromatic rings. The SMILES string of the molecule is C1=C[C@H]2C=C1CC2. The Morgan fingerprint density at radius 2 is 2.57 bits per heavy atom. The molecule has 2 bridgehead atoms. The molecule has 0 aliphatic heterocycles. The summed E-state index contributed by atoms with van der Waals surface area (Å²) in [7, 11) is 0. The van der Waals surface area contributed by atoms with E-state index in [4.69, 9.17) is 0 Å². The minimum atomic E-state index is 0.829. The monoisotopic (exact) mass is 92.1 g/mol. The van der Waals surface area contributed by atoms with Crippen LogP contribution >= 0.6 is 0 Å². The van der Waals surface area contributed by atoms with E-state index in [0.717, 1.165) is 5.92 Å². The average Bonchev–Trinajstić information content (AvgIpc) is 2.22. The predicted octanol–water partition coefficient (Wildman–Crippen LogP) is 1.89. The molecule has 0 fully saturated rings. The quantitative estimate of drug-likeness (QED) is 0.428. The zero-order valence-electron chi connectivity index (χ0n) is 4.22. The molecule has 0 nitrogen and oxygen atoms in total. The van der Waals surface area contributed by atoms with Gasteiger partial charge < -0.3 is 0 Å². The summed E-state index contributed by atoms with van der Waals surface area (Å²) in [6, 6.07) is 0. The van der Waals surface area contributed by atoms with E-state index in [-0.39, 0.29) is 0 Å². The topological polar surface area (TPSA) is 0 Å². The summed E-state index contributed by atoms with van der Waals surface area (Å²) in [5.41, 5.74) is 1.56. The molecule has 2 rings (SSSR count). The fourth-order valence-corrected chi connectivity index (χ4v) is 1.31. The van der Waals surface area contributed by atoms with Crippen LogP contribution in [0.1, 0.15) is 12.8 Å². The lowest BCUT2D eigenvalue weighted by Gasteiger charge is -1.97. The molecule has 0 saturated carbocycles. The molecule has 0 N–H and O–H groups in total. The highest BCUT2D eigenvalue weighted by Crippen LogP contribution is 2.31. The Morgan fingerprint density at radius 1 is 1.57 bits per heavy atom.